The SMILES string of the molecule is COC(=O)[C@H](C)N(C(=O)c1cc(Cl)c2c(c1)OCO2)C1CC1. The van der Waals surface area contributed by atoms with E-state index in [1.165, 1.54) is 13.2 Å². The zero-order valence-electron chi connectivity index (χ0n) is 12.3. The Morgan fingerprint density at radius 3 is 2.73 bits per heavy atom. The summed E-state index contributed by atoms with van der Waals surface area (Å²) >= 11 is 6.12. The number of hydrogen-bond donors (Lipinski definition) is 0. The van der Waals surface area contributed by atoms with E-state index in [9.17, 15) is 9.59 Å². The van der Waals surface area contributed by atoms with Crippen LogP contribution in [0.5, 0.6) is 11.5 Å². The largest absolute Gasteiger partial charge is 0.467 e. The van der Waals surface area contributed by atoms with Crippen LogP contribution >= 0.6 is 11.6 Å². The summed E-state index contributed by atoms with van der Waals surface area (Å²) < 4.78 is 15.3. The lowest BCUT2D eigenvalue weighted by atomic mass is 10.1. The van der Waals surface area contributed by atoms with E-state index in [1.54, 1.807) is 17.9 Å². The maximum atomic E-state index is 12.8. The van der Waals surface area contributed by atoms with Crippen LogP contribution in [0.2, 0.25) is 5.02 Å². The molecule has 1 aromatic carbocycles. The number of rotatable bonds is 4. The minimum absolute atomic E-state index is 0.0609. The molecule has 0 saturated heterocycles. The van der Waals surface area contributed by atoms with E-state index < -0.39 is 12.0 Å². The summed E-state index contributed by atoms with van der Waals surface area (Å²) in [4.78, 5) is 26.1. The summed E-state index contributed by atoms with van der Waals surface area (Å²) in [5, 5.41) is 0.319. The Hall–Kier alpha value is -1.95. The van der Waals surface area contributed by atoms with E-state index in [-0.39, 0.29) is 18.7 Å². The molecule has 7 heteroatoms. The molecule has 22 heavy (non-hydrogen) atoms. The van der Waals surface area contributed by atoms with Gasteiger partial charge in [-0.3, -0.25) is 4.79 Å². The van der Waals surface area contributed by atoms with Crippen LogP contribution in [-0.4, -0.2) is 42.8 Å². The van der Waals surface area contributed by atoms with Gasteiger partial charge in [-0.2, -0.15) is 0 Å². The Morgan fingerprint density at radius 2 is 2.09 bits per heavy atom. The van der Waals surface area contributed by atoms with Crippen molar-refractivity contribution in [3.63, 3.8) is 0 Å². The minimum Gasteiger partial charge on any atom is -0.467 e. The van der Waals surface area contributed by atoms with E-state index >= 15 is 0 Å². The number of esters is 1. The van der Waals surface area contributed by atoms with Crippen molar-refractivity contribution in [2.24, 2.45) is 0 Å². The Morgan fingerprint density at radius 1 is 1.36 bits per heavy atom. The molecule has 1 saturated carbocycles. The van der Waals surface area contributed by atoms with Gasteiger partial charge in [0.15, 0.2) is 11.5 Å². The molecule has 0 radical (unpaired) electrons. The highest BCUT2D eigenvalue weighted by molar-refractivity contribution is 6.32. The van der Waals surface area contributed by atoms with Crippen molar-refractivity contribution < 1.29 is 23.8 Å². The molecule has 1 heterocycles. The fourth-order valence-corrected chi connectivity index (χ4v) is 2.80. The van der Waals surface area contributed by atoms with E-state index in [0.29, 0.717) is 22.1 Å². The molecule has 2 aliphatic rings. The Labute approximate surface area is 132 Å². The number of fused-ring (bicyclic) bond motifs is 1. The zero-order chi connectivity index (χ0) is 15.9. The van der Waals surface area contributed by atoms with Crippen molar-refractivity contribution in [3.05, 3.63) is 22.7 Å². The standard InChI is InChI=1S/C15H16ClNO5/c1-8(15(19)20-2)17(10-3-4-10)14(18)9-5-11(16)13-12(6-9)21-7-22-13/h5-6,8,10H,3-4,7H2,1-2H3/t8-/m0/s1. The Balaban J connectivity index is 1.91. The molecule has 0 N–H and O–H groups in total. The summed E-state index contributed by atoms with van der Waals surface area (Å²) in [5.41, 5.74) is 0.372. The average Bonchev–Trinajstić information content (AvgIpc) is 3.22. The lowest BCUT2D eigenvalue weighted by molar-refractivity contribution is -0.145. The van der Waals surface area contributed by atoms with Crippen molar-refractivity contribution in [1.82, 2.24) is 4.90 Å². The molecule has 1 atom stereocenters. The van der Waals surface area contributed by atoms with Gasteiger partial charge in [0.2, 0.25) is 6.79 Å². The number of halogens is 1. The summed E-state index contributed by atoms with van der Waals surface area (Å²) in [6.07, 6.45) is 1.76. The number of benzene rings is 1. The minimum atomic E-state index is -0.644. The fourth-order valence-electron chi connectivity index (χ4n) is 2.53. The summed E-state index contributed by atoms with van der Waals surface area (Å²) in [5.74, 6) is 0.183. The molecule has 1 amide bonds. The molecule has 0 unspecified atom stereocenters. The van der Waals surface area contributed by atoms with Crippen molar-refractivity contribution >= 4 is 23.5 Å². The summed E-state index contributed by atoms with van der Waals surface area (Å²) in [7, 11) is 1.31. The highest BCUT2D eigenvalue weighted by Crippen LogP contribution is 2.40. The number of nitrogens with zero attached hydrogens (tertiary/aromatic N) is 1. The molecule has 118 valence electrons. The van der Waals surface area contributed by atoms with Crippen LogP contribution in [0.4, 0.5) is 0 Å². The van der Waals surface area contributed by atoms with Crippen molar-refractivity contribution in [3.8, 4) is 11.5 Å². The molecule has 1 aromatic rings. The van der Waals surface area contributed by atoms with E-state index in [4.69, 9.17) is 25.8 Å². The van der Waals surface area contributed by atoms with E-state index in [0.717, 1.165) is 12.8 Å². The van der Waals surface area contributed by atoms with Gasteiger partial charge in [-0.1, -0.05) is 11.6 Å². The summed E-state index contributed by atoms with van der Waals surface area (Å²) in [6.45, 7) is 1.74. The second kappa shape index (κ2) is 5.68. The first-order valence-electron chi connectivity index (χ1n) is 7.02. The molecule has 0 aromatic heterocycles. The van der Waals surface area contributed by atoms with Gasteiger partial charge in [0.05, 0.1) is 12.1 Å². The molecule has 0 spiro atoms. The average molecular weight is 326 g/mol. The van der Waals surface area contributed by atoms with Crippen molar-refractivity contribution in [1.29, 1.82) is 0 Å². The molecule has 1 aliphatic heterocycles. The summed E-state index contributed by atoms with van der Waals surface area (Å²) in [6, 6.07) is 2.55. The van der Waals surface area contributed by atoms with Gasteiger partial charge in [-0.25, -0.2) is 4.79 Å². The van der Waals surface area contributed by atoms with E-state index in [1.807, 2.05) is 0 Å². The smallest absolute Gasteiger partial charge is 0.328 e. The monoisotopic (exact) mass is 325 g/mol. The highest BCUT2D eigenvalue weighted by atomic mass is 35.5. The number of hydrogen-bond acceptors (Lipinski definition) is 5. The van der Waals surface area contributed by atoms with Gasteiger partial charge in [0.25, 0.3) is 5.91 Å². The third-order valence-electron chi connectivity index (χ3n) is 3.81. The number of methoxy groups -OCH3 is 1. The molecular formula is C15H16ClNO5. The van der Waals surface area contributed by atoms with Crippen LogP contribution in [0.15, 0.2) is 12.1 Å². The van der Waals surface area contributed by atoms with Gasteiger partial charge < -0.3 is 19.1 Å². The van der Waals surface area contributed by atoms with Crippen LogP contribution in [-0.2, 0) is 9.53 Å². The zero-order valence-corrected chi connectivity index (χ0v) is 13.1. The number of ether oxygens (including phenoxy) is 3. The Bertz CT molecular complexity index is 629. The van der Waals surface area contributed by atoms with Crippen LogP contribution < -0.4 is 9.47 Å². The lowest BCUT2D eigenvalue weighted by Crippen LogP contribution is -2.45. The third kappa shape index (κ3) is 2.59. The van der Waals surface area contributed by atoms with Crippen LogP contribution in [0.1, 0.15) is 30.1 Å². The van der Waals surface area contributed by atoms with Gasteiger partial charge in [0, 0.05) is 11.6 Å². The molecule has 0 bridgehead atoms. The van der Waals surface area contributed by atoms with Gasteiger partial charge >= 0.3 is 5.97 Å². The second-order valence-corrected chi connectivity index (χ2v) is 5.74. The van der Waals surface area contributed by atoms with E-state index in [2.05, 4.69) is 0 Å². The predicted molar refractivity (Wildman–Crippen MR) is 78.2 cm³/mol. The number of carbonyl (C=O) groups is 2. The maximum Gasteiger partial charge on any atom is 0.328 e. The number of amides is 1. The van der Waals surface area contributed by atoms with Crippen LogP contribution in [0.25, 0.3) is 0 Å². The van der Waals surface area contributed by atoms with Crippen molar-refractivity contribution in [2.45, 2.75) is 31.8 Å². The first-order chi connectivity index (χ1) is 10.5. The maximum absolute atomic E-state index is 12.8. The van der Waals surface area contributed by atoms with Gasteiger partial charge in [0.1, 0.15) is 6.04 Å². The fraction of sp³-hybridized carbons (Fsp3) is 0.467. The van der Waals surface area contributed by atoms with Crippen molar-refractivity contribution in [2.75, 3.05) is 13.9 Å². The lowest BCUT2D eigenvalue weighted by Gasteiger charge is -2.27. The van der Waals surface area contributed by atoms with Gasteiger partial charge in [-0.15, -0.1) is 0 Å². The highest BCUT2D eigenvalue weighted by Gasteiger charge is 2.39. The van der Waals surface area contributed by atoms with Crippen LogP contribution in [0.3, 0.4) is 0 Å². The first-order valence-corrected chi connectivity index (χ1v) is 7.40. The Kier molecular flexibility index (Phi) is 3.87. The normalized spacial score (nSPS) is 17.0. The predicted octanol–water partition coefficient (Wildman–Crippen LogP) is 2.23. The molecular weight excluding hydrogens is 310 g/mol. The quantitative estimate of drug-likeness (QED) is 0.794. The molecule has 3 rings (SSSR count). The first kappa shape index (κ1) is 15.0. The molecule has 1 fully saturated rings. The topological polar surface area (TPSA) is 65.1 Å². The number of carbonyl (C=O) groups excluding carboxylic acids is 2. The second-order valence-electron chi connectivity index (χ2n) is 5.33. The van der Waals surface area contributed by atoms with Gasteiger partial charge in [-0.05, 0) is 31.9 Å². The van der Waals surface area contributed by atoms with Crippen LogP contribution in [0, 0.1) is 0 Å². The molecule has 6 nitrogen and oxygen atoms in total. The third-order valence-corrected chi connectivity index (χ3v) is 4.09. The molecule has 1 aliphatic carbocycles.